The zero-order chi connectivity index (χ0) is 17.4. The average Bonchev–Trinajstić information content (AvgIpc) is 2.53. The second-order valence-corrected chi connectivity index (χ2v) is 4.53. The van der Waals surface area contributed by atoms with E-state index < -0.39 is 30.4 Å². The number of benzene rings is 1. The minimum absolute atomic E-state index is 0.187. The molecule has 1 aromatic rings. The Hall–Kier alpha value is -2.57. The largest absolute Gasteiger partial charge is 0.493 e. The number of carbonyl (C=O) groups excluding carboxylic acids is 3. The molecule has 0 saturated carbocycles. The van der Waals surface area contributed by atoms with Gasteiger partial charge in [0.15, 0.2) is 23.1 Å². The molecule has 7 heteroatoms. The topological polar surface area (TPSA) is 88.1 Å². The molecule has 0 aliphatic rings. The molecule has 1 aromatic carbocycles. The lowest BCUT2D eigenvalue weighted by Gasteiger charge is -2.13. The van der Waals surface area contributed by atoms with Gasteiger partial charge in [-0.2, -0.15) is 0 Å². The van der Waals surface area contributed by atoms with Crippen LogP contribution in [0.1, 0.15) is 30.1 Å². The first-order chi connectivity index (χ1) is 11.0. The zero-order valence-electron chi connectivity index (χ0n) is 13.6. The fraction of sp³-hybridized carbons (Fsp3) is 0.438. The molecule has 0 atom stereocenters. The van der Waals surface area contributed by atoms with Crippen LogP contribution in [0.3, 0.4) is 0 Å². The van der Waals surface area contributed by atoms with Gasteiger partial charge >= 0.3 is 5.97 Å². The summed E-state index contributed by atoms with van der Waals surface area (Å²) in [6, 6.07) is 2.92. The maximum absolute atomic E-state index is 12.2. The summed E-state index contributed by atoms with van der Waals surface area (Å²) in [6.07, 6.45) is -0.832. The predicted molar refractivity (Wildman–Crippen MR) is 81.3 cm³/mol. The Morgan fingerprint density at radius 3 is 1.91 bits per heavy atom. The van der Waals surface area contributed by atoms with Crippen molar-refractivity contribution >= 4 is 17.5 Å². The highest BCUT2D eigenvalue weighted by molar-refractivity contribution is 6.11. The number of methoxy groups -OCH3 is 3. The first-order valence-corrected chi connectivity index (χ1v) is 6.97. The highest BCUT2D eigenvalue weighted by atomic mass is 16.5. The van der Waals surface area contributed by atoms with Gasteiger partial charge in [-0.05, 0) is 19.1 Å². The summed E-state index contributed by atoms with van der Waals surface area (Å²) in [5.41, 5.74) is 0.233. The van der Waals surface area contributed by atoms with Crippen molar-refractivity contribution in [2.45, 2.75) is 19.8 Å². The summed E-state index contributed by atoms with van der Waals surface area (Å²) >= 11 is 0. The number of ether oxygens (including phenoxy) is 4. The number of ketones is 2. The molecule has 0 fully saturated rings. The Morgan fingerprint density at radius 1 is 0.913 bits per heavy atom. The summed E-state index contributed by atoms with van der Waals surface area (Å²) < 4.78 is 20.1. The van der Waals surface area contributed by atoms with Crippen molar-refractivity contribution in [1.29, 1.82) is 0 Å². The lowest BCUT2D eigenvalue weighted by molar-refractivity contribution is -0.145. The Morgan fingerprint density at radius 2 is 1.48 bits per heavy atom. The van der Waals surface area contributed by atoms with Crippen LogP contribution in [0.2, 0.25) is 0 Å². The van der Waals surface area contributed by atoms with E-state index in [9.17, 15) is 14.4 Å². The smallest absolute Gasteiger partial charge is 0.313 e. The van der Waals surface area contributed by atoms with Crippen LogP contribution in [0, 0.1) is 0 Å². The van der Waals surface area contributed by atoms with E-state index in [2.05, 4.69) is 4.74 Å². The second-order valence-electron chi connectivity index (χ2n) is 4.53. The molecule has 0 bridgehead atoms. The van der Waals surface area contributed by atoms with E-state index in [0.29, 0.717) is 17.2 Å². The number of rotatable bonds is 9. The van der Waals surface area contributed by atoms with E-state index in [1.807, 2.05) is 0 Å². The number of carbonyl (C=O) groups is 3. The van der Waals surface area contributed by atoms with Gasteiger partial charge in [0.25, 0.3) is 0 Å². The van der Waals surface area contributed by atoms with Crippen LogP contribution in [-0.2, 0) is 14.3 Å². The van der Waals surface area contributed by atoms with Gasteiger partial charge in [0.2, 0.25) is 5.75 Å². The fourth-order valence-electron chi connectivity index (χ4n) is 1.96. The number of hydrogen-bond donors (Lipinski definition) is 0. The van der Waals surface area contributed by atoms with Crippen molar-refractivity contribution in [3.8, 4) is 17.2 Å². The van der Waals surface area contributed by atoms with Crippen molar-refractivity contribution in [1.82, 2.24) is 0 Å². The Labute approximate surface area is 134 Å². The van der Waals surface area contributed by atoms with Gasteiger partial charge in [0.05, 0.1) is 34.4 Å². The standard InChI is InChI=1S/C16H20O7/c1-5-23-15(19)9-11(17)8-12(18)10-6-13(20-2)16(22-4)14(7-10)21-3/h6-7H,5,8-9H2,1-4H3. The van der Waals surface area contributed by atoms with Crippen LogP contribution in [0.25, 0.3) is 0 Å². The molecule has 0 N–H and O–H groups in total. The molecule has 0 heterocycles. The molecule has 0 aliphatic heterocycles. The highest BCUT2D eigenvalue weighted by Crippen LogP contribution is 2.38. The van der Waals surface area contributed by atoms with Crippen molar-refractivity contribution < 1.29 is 33.3 Å². The second kappa shape index (κ2) is 8.77. The van der Waals surface area contributed by atoms with Crippen LogP contribution in [0.5, 0.6) is 17.2 Å². The third-order valence-corrected chi connectivity index (χ3v) is 2.99. The van der Waals surface area contributed by atoms with E-state index in [0.717, 1.165) is 0 Å². The Bertz CT molecular complexity index is 567. The van der Waals surface area contributed by atoms with Gasteiger partial charge in [-0.25, -0.2) is 0 Å². The quantitative estimate of drug-likeness (QED) is 0.389. The summed E-state index contributed by atoms with van der Waals surface area (Å²) in [7, 11) is 4.31. The zero-order valence-corrected chi connectivity index (χ0v) is 13.6. The SMILES string of the molecule is CCOC(=O)CC(=O)CC(=O)c1cc(OC)c(OC)c(OC)c1. The molecule has 0 aliphatic carbocycles. The number of esters is 1. The molecule has 1 rings (SSSR count). The van der Waals surface area contributed by atoms with Gasteiger partial charge in [-0.15, -0.1) is 0 Å². The molecular formula is C16H20O7. The summed E-state index contributed by atoms with van der Waals surface area (Å²) in [5, 5.41) is 0. The van der Waals surface area contributed by atoms with Gasteiger partial charge in [-0.3, -0.25) is 14.4 Å². The van der Waals surface area contributed by atoms with Gasteiger partial charge in [0.1, 0.15) is 6.42 Å². The van der Waals surface area contributed by atoms with Gasteiger partial charge in [0, 0.05) is 5.56 Å². The molecule has 23 heavy (non-hydrogen) atoms. The molecule has 0 aromatic heterocycles. The Kier molecular flexibility index (Phi) is 7.05. The molecule has 126 valence electrons. The molecule has 7 nitrogen and oxygen atoms in total. The monoisotopic (exact) mass is 324 g/mol. The van der Waals surface area contributed by atoms with Crippen LogP contribution < -0.4 is 14.2 Å². The van der Waals surface area contributed by atoms with Crippen molar-refractivity contribution in [3.05, 3.63) is 17.7 Å². The fourth-order valence-corrected chi connectivity index (χ4v) is 1.96. The highest BCUT2D eigenvalue weighted by Gasteiger charge is 2.20. The first kappa shape index (κ1) is 18.5. The maximum Gasteiger partial charge on any atom is 0.313 e. The normalized spacial score (nSPS) is 9.91. The number of Topliss-reactive ketones (excluding diaryl/α,β-unsaturated/α-hetero) is 2. The van der Waals surface area contributed by atoms with Crippen LogP contribution in [0.4, 0.5) is 0 Å². The van der Waals surface area contributed by atoms with Crippen LogP contribution in [0.15, 0.2) is 12.1 Å². The lowest BCUT2D eigenvalue weighted by atomic mass is 10.0. The molecule has 0 saturated heterocycles. The molecule has 0 radical (unpaired) electrons. The van der Waals surface area contributed by atoms with Crippen molar-refractivity contribution in [2.24, 2.45) is 0 Å². The van der Waals surface area contributed by atoms with Crippen LogP contribution >= 0.6 is 0 Å². The van der Waals surface area contributed by atoms with E-state index in [-0.39, 0.29) is 12.2 Å². The van der Waals surface area contributed by atoms with E-state index in [1.54, 1.807) is 6.92 Å². The molecule has 0 spiro atoms. The first-order valence-electron chi connectivity index (χ1n) is 6.97. The van der Waals surface area contributed by atoms with Gasteiger partial charge in [-0.1, -0.05) is 0 Å². The van der Waals surface area contributed by atoms with E-state index in [4.69, 9.17) is 14.2 Å². The predicted octanol–water partition coefficient (Wildman–Crippen LogP) is 1.81. The maximum atomic E-state index is 12.2. The summed E-state index contributed by atoms with van der Waals surface area (Å²) in [4.78, 5) is 35.2. The lowest BCUT2D eigenvalue weighted by Crippen LogP contribution is -2.15. The molecular weight excluding hydrogens is 304 g/mol. The summed E-state index contributed by atoms with van der Waals surface area (Å²) in [6.45, 7) is 1.83. The van der Waals surface area contributed by atoms with Crippen molar-refractivity contribution in [3.63, 3.8) is 0 Å². The number of hydrogen-bond acceptors (Lipinski definition) is 7. The summed E-state index contributed by atoms with van der Waals surface area (Å²) in [5.74, 6) is -0.624. The minimum Gasteiger partial charge on any atom is -0.493 e. The third kappa shape index (κ3) is 4.98. The Balaban J connectivity index is 2.91. The van der Waals surface area contributed by atoms with Crippen LogP contribution in [-0.4, -0.2) is 45.5 Å². The van der Waals surface area contributed by atoms with E-state index >= 15 is 0 Å². The molecule has 0 unspecified atom stereocenters. The average molecular weight is 324 g/mol. The minimum atomic E-state index is -0.643. The molecule has 0 amide bonds. The third-order valence-electron chi connectivity index (χ3n) is 2.99. The van der Waals surface area contributed by atoms with Gasteiger partial charge < -0.3 is 18.9 Å². The van der Waals surface area contributed by atoms with Crippen molar-refractivity contribution in [2.75, 3.05) is 27.9 Å². The van der Waals surface area contributed by atoms with E-state index in [1.165, 1.54) is 33.5 Å².